The molecule has 0 aliphatic carbocycles. The first kappa shape index (κ1) is 25.2. The molecule has 8 nitrogen and oxygen atoms in total. The van der Waals surface area contributed by atoms with E-state index in [2.05, 4.69) is 5.32 Å². The molecule has 0 bridgehead atoms. The van der Waals surface area contributed by atoms with Gasteiger partial charge >= 0.3 is 11.9 Å². The van der Waals surface area contributed by atoms with Crippen LogP contribution in [0.4, 0.5) is 0 Å². The van der Waals surface area contributed by atoms with Crippen LogP contribution in [0.5, 0.6) is 0 Å². The third kappa shape index (κ3) is 6.54. The van der Waals surface area contributed by atoms with E-state index in [1.807, 2.05) is 30.3 Å². The summed E-state index contributed by atoms with van der Waals surface area (Å²) < 4.78 is 10.9. The second-order valence-electron chi connectivity index (χ2n) is 9.23. The van der Waals surface area contributed by atoms with Crippen molar-refractivity contribution in [3.63, 3.8) is 0 Å². The highest BCUT2D eigenvalue weighted by molar-refractivity contribution is 5.88. The normalized spacial score (nSPS) is 24.8. The second-order valence-corrected chi connectivity index (χ2v) is 9.23. The van der Waals surface area contributed by atoms with Crippen LogP contribution in [0, 0.1) is 5.41 Å². The van der Waals surface area contributed by atoms with Crippen LogP contribution in [0.25, 0.3) is 0 Å². The average molecular weight is 461 g/mol. The predicted molar refractivity (Wildman–Crippen MR) is 123 cm³/mol. The lowest BCUT2D eigenvalue weighted by Crippen LogP contribution is -2.60. The Balaban J connectivity index is 1.70. The largest absolute Gasteiger partial charge is 0.480 e. The van der Waals surface area contributed by atoms with Crippen molar-refractivity contribution < 1.29 is 29.0 Å². The highest BCUT2D eigenvalue weighted by Gasteiger charge is 2.46. The molecule has 0 aromatic heterocycles. The number of carboxylic acids is 1. The Morgan fingerprint density at radius 1 is 1.27 bits per heavy atom. The van der Waals surface area contributed by atoms with Gasteiger partial charge in [0.25, 0.3) is 0 Å². The van der Waals surface area contributed by atoms with Crippen LogP contribution >= 0.6 is 0 Å². The predicted octanol–water partition coefficient (Wildman–Crippen LogP) is 2.40. The van der Waals surface area contributed by atoms with Crippen LogP contribution in [0.3, 0.4) is 0 Å². The van der Waals surface area contributed by atoms with Gasteiger partial charge in [-0.15, -0.1) is 0 Å². The van der Waals surface area contributed by atoms with E-state index in [9.17, 15) is 19.5 Å². The monoisotopic (exact) mass is 460 g/mol. The molecular weight excluding hydrogens is 424 g/mol. The molecule has 0 radical (unpaired) electrons. The number of nitrogens with zero attached hydrogens (tertiary/aromatic N) is 1. The number of nitrogens with one attached hydrogen (secondary N) is 1. The molecule has 1 amide bonds. The number of benzene rings is 1. The molecule has 0 saturated carbocycles. The highest BCUT2D eigenvalue weighted by atomic mass is 16.5. The first-order valence-corrected chi connectivity index (χ1v) is 11.9. The number of ether oxygens (including phenoxy) is 2. The van der Waals surface area contributed by atoms with Crippen LogP contribution in [-0.4, -0.2) is 72.3 Å². The molecule has 33 heavy (non-hydrogen) atoms. The molecule has 2 aliphatic heterocycles. The minimum atomic E-state index is -0.992. The lowest BCUT2D eigenvalue weighted by atomic mass is 9.74. The van der Waals surface area contributed by atoms with Crippen molar-refractivity contribution in [1.29, 1.82) is 0 Å². The van der Waals surface area contributed by atoms with E-state index in [0.717, 1.165) is 24.8 Å². The maximum absolute atomic E-state index is 13.4. The molecule has 2 saturated heterocycles. The molecule has 1 spiro atoms. The zero-order valence-electron chi connectivity index (χ0n) is 19.6. The van der Waals surface area contributed by atoms with Gasteiger partial charge in [0.2, 0.25) is 5.91 Å². The molecule has 1 aromatic rings. The van der Waals surface area contributed by atoms with E-state index in [1.165, 1.54) is 4.90 Å². The number of carbonyl (C=O) groups excluding carboxylic acids is 2. The summed E-state index contributed by atoms with van der Waals surface area (Å²) in [4.78, 5) is 39.4. The molecule has 8 heteroatoms. The van der Waals surface area contributed by atoms with Gasteiger partial charge in [-0.25, -0.2) is 4.79 Å². The Labute approximate surface area is 195 Å². The quantitative estimate of drug-likeness (QED) is 0.545. The fourth-order valence-electron chi connectivity index (χ4n) is 4.96. The Morgan fingerprint density at radius 2 is 2.03 bits per heavy atom. The van der Waals surface area contributed by atoms with Gasteiger partial charge in [-0.05, 0) is 57.9 Å². The number of piperidine rings is 1. The number of aliphatic carboxylic acids is 1. The summed E-state index contributed by atoms with van der Waals surface area (Å²) >= 11 is 0. The minimum absolute atomic E-state index is 0.187. The van der Waals surface area contributed by atoms with Crippen LogP contribution in [0.1, 0.15) is 51.5 Å². The highest BCUT2D eigenvalue weighted by Crippen LogP contribution is 2.39. The van der Waals surface area contributed by atoms with Crippen molar-refractivity contribution in [3.05, 3.63) is 35.9 Å². The Bertz CT molecular complexity index is 808. The van der Waals surface area contributed by atoms with Crippen LogP contribution in [0.15, 0.2) is 30.3 Å². The van der Waals surface area contributed by atoms with Gasteiger partial charge in [-0.1, -0.05) is 30.3 Å². The molecule has 3 rings (SSSR count). The smallest absolute Gasteiger partial charge is 0.326 e. The van der Waals surface area contributed by atoms with Crippen LogP contribution in [-0.2, 0) is 30.3 Å². The molecule has 1 aromatic carbocycles. The molecule has 2 heterocycles. The van der Waals surface area contributed by atoms with Crippen LogP contribution < -0.4 is 5.32 Å². The van der Waals surface area contributed by atoms with E-state index in [0.29, 0.717) is 39.0 Å². The second kappa shape index (κ2) is 11.6. The number of aryl methyl sites for hydroxylation is 1. The molecule has 4 atom stereocenters. The fourth-order valence-corrected chi connectivity index (χ4v) is 4.96. The van der Waals surface area contributed by atoms with E-state index < -0.39 is 30.1 Å². The van der Waals surface area contributed by atoms with Crippen molar-refractivity contribution in [1.82, 2.24) is 10.2 Å². The van der Waals surface area contributed by atoms with Crippen molar-refractivity contribution in [2.75, 3.05) is 26.4 Å². The molecule has 2 unspecified atom stereocenters. The molecule has 182 valence electrons. The third-order valence-corrected chi connectivity index (χ3v) is 6.76. The first-order chi connectivity index (χ1) is 15.8. The van der Waals surface area contributed by atoms with E-state index in [-0.39, 0.29) is 17.9 Å². The Hall–Kier alpha value is -2.45. The lowest BCUT2D eigenvalue weighted by Gasteiger charge is -2.48. The summed E-state index contributed by atoms with van der Waals surface area (Å²) in [6, 6.07) is 7.57. The minimum Gasteiger partial charge on any atom is -0.480 e. The molecule has 2 fully saturated rings. The maximum Gasteiger partial charge on any atom is 0.326 e. The van der Waals surface area contributed by atoms with Gasteiger partial charge in [0, 0.05) is 18.6 Å². The van der Waals surface area contributed by atoms with Crippen molar-refractivity contribution in [3.8, 4) is 0 Å². The van der Waals surface area contributed by atoms with E-state index in [1.54, 1.807) is 13.8 Å². The number of amides is 1. The van der Waals surface area contributed by atoms with Crippen molar-refractivity contribution in [2.24, 2.45) is 5.41 Å². The van der Waals surface area contributed by atoms with Gasteiger partial charge in [-0.3, -0.25) is 14.9 Å². The summed E-state index contributed by atoms with van der Waals surface area (Å²) in [5.41, 5.74) is 0.904. The summed E-state index contributed by atoms with van der Waals surface area (Å²) in [6.07, 6.45) is 4.11. The SMILES string of the molecule is CCOC(=O)[C@H](CCc1ccccc1)NC(C)C(=O)N1CC2(CCCOC2)CC[C@H]1C(=O)O. The number of likely N-dealkylation sites (tertiary alicyclic amines) is 1. The number of rotatable bonds is 9. The number of hydrogen-bond acceptors (Lipinski definition) is 6. The molecular formula is C25H36N2O6. The Morgan fingerprint density at radius 3 is 2.67 bits per heavy atom. The maximum atomic E-state index is 13.4. The lowest BCUT2D eigenvalue weighted by molar-refractivity contribution is -0.160. The van der Waals surface area contributed by atoms with Crippen molar-refractivity contribution >= 4 is 17.8 Å². The van der Waals surface area contributed by atoms with E-state index >= 15 is 0 Å². The van der Waals surface area contributed by atoms with Crippen molar-refractivity contribution in [2.45, 2.75) is 70.5 Å². The molecule has 2 aliphatic rings. The van der Waals surface area contributed by atoms with Gasteiger partial charge in [0.15, 0.2) is 0 Å². The summed E-state index contributed by atoms with van der Waals surface area (Å²) in [7, 11) is 0. The van der Waals surface area contributed by atoms with E-state index in [4.69, 9.17) is 9.47 Å². The van der Waals surface area contributed by atoms with Gasteiger partial charge in [-0.2, -0.15) is 0 Å². The van der Waals surface area contributed by atoms with Crippen LogP contribution in [0.2, 0.25) is 0 Å². The Kier molecular flexibility index (Phi) is 8.86. The fraction of sp³-hybridized carbons (Fsp3) is 0.640. The zero-order valence-corrected chi connectivity index (χ0v) is 19.6. The first-order valence-electron chi connectivity index (χ1n) is 11.9. The standard InChI is InChI=1S/C25H36N2O6/c1-3-33-24(31)20(11-10-19-8-5-4-6-9-19)26-18(2)22(28)27-16-25(13-7-15-32-17-25)14-12-21(27)23(29)30/h4-6,8-9,18,20-21,26H,3,7,10-17H2,1-2H3,(H,29,30)/t18?,20-,21-,25?/m0/s1. The third-order valence-electron chi connectivity index (χ3n) is 6.76. The number of esters is 1. The number of hydrogen-bond donors (Lipinski definition) is 2. The summed E-state index contributed by atoms with van der Waals surface area (Å²) in [5, 5.41) is 12.9. The number of carbonyl (C=O) groups is 3. The zero-order chi connectivity index (χ0) is 23.8. The topological polar surface area (TPSA) is 105 Å². The van der Waals surface area contributed by atoms with Gasteiger partial charge in [0.1, 0.15) is 12.1 Å². The number of carboxylic acid groups (broad SMARTS) is 1. The van der Waals surface area contributed by atoms with Gasteiger partial charge < -0.3 is 19.5 Å². The van der Waals surface area contributed by atoms with Gasteiger partial charge in [0.05, 0.1) is 19.3 Å². The summed E-state index contributed by atoms with van der Waals surface area (Å²) in [5.74, 6) is -1.70. The molecule has 2 N–H and O–H groups in total. The average Bonchev–Trinajstić information content (AvgIpc) is 2.82. The summed E-state index contributed by atoms with van der Waals surface area (Å²) in [6.45, 7) is 5.31.